The van der Waals surface area contributed by atoms with Crippen molar-refractivity contribution in [3.05, 3.63) is 54.7 Å². The zero-order valence-electron chi connectivity index (χ0n) is 26.5. The van der Waals surface area contributed by atoms with E-state index in [2.05, 4.69) is 15.1 Å². The second-order valence-electron chi connectivity index (χ2n) is 12.6. The van der Waals surface area contributed by atoms with Crippen LogP contribution in [-0.2, 0) is 23.4 Å². The molecule has 0 aliphatic carbocycles. The molecule has 0 saturated carbocycles. The molecule has 1 unspecified atom stereocenters. The van der Waals surface area contributed by atoms with Crippen molar-refractivity contribution in [2.45, 2.75) is 64.8 Å². The Kier molecular flexibility index (Phi) is 9.31. The van der Waals surface area contributed by atoms with Crippen LogP contribution in [0, 0.1) is 5.41 Å². The summed E-state index contributed by atoms with van der Waals surface area (Å²) in [6.45, 7) is 7.95. The van der Waals surface area contributed by atoms with Crippen LogP contribution in [-0.4, -0.2) is 69.9 Å². The van der Waals surface area contributed by atoms with E-state index in [1.165, 1.54) is 31.7 Å². The highest BCUT2D eigenvalue weighted by Crippen LogP contribution is 2.49. The van der Waals surface area contributed by atoms with Gasteiger partial charge < -0.3 is 34.1 Å². The minimum Gasteiger partial charge on any atom is -0.480 e. The van der Waals surface area contributed by atoms with E-state index in [9.17, 15) is 14.5 Å². The molecule has 1 aliphatic heterocycles. The van der Waals surface area contributed by atoms with Crippen molar-refractivity contribution in [1.29, 1.82) is 0 Å². The number of nitrogens with zero attached hydrogens (tertiary/aromatic N) is 3. The molecule has 2 aromatic heterocycles. The quantitative estimate of drug-likeness (QED) is 0.147. The van der Waals surface area contributed by atoms with Crippen LogP contribution in [0.4, 0.5) is 10.3 Å². The maximum Gasteiger partial charge on any atom is 0.459 e. The molecule has 1 saturated heterocycles. The molecular formula is C31H39FN5O8P. The van der Waals surface area contributed by atoms with E-state index in [1.807, 2.05) is 39.0 Å². The van der Waals surface area contributed by atoms with Gasteiger partial charge in [0.1, 0.15) is 23.5 Å². The number of anilines is 1. The van der Waals surface area contributed by atoms with E-state index in [1.54, 1.807) is 30.3 Å². The number of benzene rings is 2. The molecule has 4 N–H and O–H groups in total. The van der Waals surface area contributed by atoms with Crippen LogP contribution >= 0.6 is 7.75 Å². The van der Waals surface area contributed by atoms with Gasteiger partial charge in [-0.3, -0.25) is 9.32 Å². The minimum atomic E-state index is -4.42. The molecule has 0 bridgehead atoms. The predicted molar refractivity (Wildman–Crippen MR) is 169 cm³/mol. The maximum atomic E-state index is 15.9. The average molecular weight is 660 g/mol. The highest BCUT2D eigenvalue weighted by molar-refractivity contribution is 7.52. The average Bonchev–Trinajstić information content (AvgIpc) is 3.51. The third-order valence-electron chi connectivity index (χ3n) is 7.42. The smallest absolute Gasteiger partial charge is 0.459 e. The third-order valence-corrected chi connectivity index (χ3v) is 9.05. The second-order valence-corrected chi connectivity index (χ2v) is 14.3. The highest BCUT2D eigenvalue weighted by Gasteiger charge is 2.55. The fourth-order valence-corrected chi connectivity index (χ4v) is 6.61. The summed E-state index contributed by atoms with van der Waals surface area (Å²) in [6.07, 6.45) is -3.16. The zero-order chi connectivity index (χ0) is 33.4. The molecule has 248 valence electrons. The maximum absolute atomic E-state index is 15.9. The van der Waals surface area contributed by atoms with Crippen molar-refractivity contribution < 1.29 is 42.1 Å². The Balaban J connectivity index is 1.40. The van der Waals surface area contributed by atoms with Gasteiger partial charge in [-0.25, -0.2) is 8.96 Å². The van der Waals surface area contributed by atoms with Gasteiger partial charge in [0.25, 0.3) is 0 Å². The molecule has 15 heteroatoms. The Hall–Kier alpha value is -3.81. The van der Waals surface area contributed by atoms with Crippen LogP contribution in [0.5, 0.6) is 11.6 Å². The Morgan fingerprint density at radius 2 is 1.91 bits per heavy atom. The van der Waals surface area contributed by atoms with Gasteiger partial charge in [0.05, 0.1) is 25.7 Å². The van der Waals surface area contributed by atoms with Crippen LogP contribution in [0.2, 0.25) is 0 Å². The first-order valence-corrected chi connectivity index (χ1v) is 16.2. The lowest BCUT2D eigenvalue weighted by atomic mass is 9.98. The van der Waals surface area contributed by atoms with E-state index in [4.69, 9.17) is 29.0 Å². The van der Waals surface area contributed by atoms with Crippen molar-refractivity contribution in [2.75, 3.05) is 26.1 Å². The van der Waals surface area contributed by atoms with Crippen molar-refractivity contribution in [2.24, 2.45) is 5.41 Å². The first kappa shape index (κ1) is 33.6. The number of esters is 1. The van der Waals surface area contributed by atoms with Gasteiger partial charge >= 0.3 is 13.7 Å². The predicted octanol–water partition coefficient (Wildman–Crippen LogP) is 4.93. The first-order valence-electron chi connectivity index (χ1n) is 14.7. The van der Waals surface area contributed by atoms with Crippen LogP contribution in [0.15, 0.2) is 54.7 Å². The number of nitrogen functional groups attached to an aromatic ring is 1. The Bertz CT molecular complexity index is 1770. The van der Waals surface area contributed by atoms with Gasteiger partial charge in [-0.05, 0) is 36.8 Å². The Labute approximate surface area is 265 Å². The third kappa shape index (κ3) is 6.96. The lowest BCUT2D eigenvalue weighted by molar-refractivity contribution is -0.148. The first-order chi connectivity index (χ1) is 21.6. The number of fused-ring (bicyclic) bond motifs is 2. The molecule has 13 nitrogen and oxygen atoms in total. The van der Waals surface area contributed by atoms with Gasteiger partial charge in [0.2, 0.25) is 11.8 Å². The van der Waals surface area contributed by atoms with Crippen LogP contribution < -0.4 is 20.1 Å². The standard InChI is InChI=1S/C31H39FN5O8P/c1-18(27(38)42-17-30(2,3)4)36-46(40,45-22-13-9-11-19-10-7-8-12-20(19)22)43-16-23-24(32)31(5,39)28(44-23)37-15-14-21-25(37)34-29(33)35-26(21)41-6/h7-15,18,23-24,28,39H,16-17H2,1-6H3,(H,36,40)(H2,33,34,35)/t18-,23+,24+,28+,31+,46?/m0/s1. The summed E-state index contributed by atoms with van der Waals surface area (Å²) in [5.41, 5.74) is 3.72. The topological polar surface area (TPSA) is 169 Å². The zero-order valence-corrected chi connectivity index (χ0v) is 27.4. The van der Waals surface area contributed by atoms with E-state index < -0.39 is 50.5 Å². The number of aromatic nitrogens is 3. The summed E-state index contributed by atoms with van der Waals surface area (Å²) in [5, 5.41) is 15.8. The lowest BCUT2D eigenvalue weighted by Crippen LogP contribution is -2.42. The molecule has 1 fully saturated rings. The number of rotatable bonds is 11. The Morgan fingerprint density at radius 3 is 2.63 bits per heavy atom. The minimum absolute atomic E-state index is 0.0913. The molecule has 46 heavy (non-hydrogen) atoms. The largest absolute Gasteiger partial charge is 0.480 e. The summed E-state index contributed by atoms with van der Waals surface area (Å²) >= 11 is 0. The SMILES string of the molecule is COc1nc(N)nc2c1ccn2[C@@H]1O[C@H](COP(=O)(N[C@@H](C)C(=O)OCC(C)(C)C)Oc2cccc3ccccc23)[C@@H](F)[C@@]1(C)O. The van der Waals surface area contributed by atoms with E-state index in [0.29, 0.717) is 10.8 Å². The number of hydrogen-bond donors (Lipinski definition) is 3. The van der Waals surface area contributed by atoms with E-state index in [-0.39, 0.29) is 35.2 Å². The summed E-state index contributed by atoms with van der Waals surface area (Å²) in [6, 6.07) is 13.0. The molecule has 0 spiro atoms. The number of alkyl halides is 1. The van der Waals surface area contributed by atoms with E-state index >= 15 is 4.39 Å². The fourth-order valence-electron chi connectivity index (χ4n) is 5.09. The molecule has 0 radical (unpaired) electrons. The van der Waals surface area contributed by atoms with Gasteiger partial charge in [-0.2, -0.15) is 15.1 Å². The summed E-state index contributed by atoms with van der Waals surface area (Å²) in [5.74, 6) is -0.363. The molecule has 0 amide bonds. The summed E-state index contributed by atoms with van der Waals surface area (Å²) in [4.78, 5) is 21.1. The van der Waals surface area contributed by atoms with Crippen molar-refractivity contribution in [1.82, 2.24) is 19.6 Å². The molecule has 1 aliphatic rings. The van der Waals surface area contributed by atoms with Gasteiger partial charge in [-0.15, -0.1) is 0 Å². The number of hydrogen-bond acceptors (Lipinski definition) is 11. The molecule has 2 aromatic carbocycles. The number of methoxy groups -OCH3 is 1. The van der Waals surface area contributed by atoms with E-state index in [0.717, 1.165) is 5.39 Å². The molecular weight excluding hydrogens is 620 g/mol. The molecule has 6 atom stereocenters. The number of halogens is 1. The number of aliphatic hydroxyl groups is 1. The van der Waals surface area contributed by atoms with Gasteiger partial charge in [0.15, 0.2) is 18.0 Å². The van der Waals surface area contributed by atoms with Crippen LogP contribution in [0.1, 0.15) is 40.8 Å². The van der Waals surface area contributed by atoms with Gasteiger partial charge in [-0.1, -0.05) is 57.2 Å². The normalized spacial score (nSPS) is 23.7. The Morgan fingerprint density at radius 1 is 1.20 bits per heavy atom. The monoisotopic (exact) mass is 659 g/mol. The molecule has 5 rings (SSSR count). The van der Waals surface area contributed by atoms with Gasteiger partial charge in [0, 0.05) is 11.6 Å². The van der Waals surface area contributed by atoms with Crippen LogP contribution in [0.25, 0.3) is 21.8 Å². The number of ether oxygens (including phenoxy) is 3. The summed E-state index contributed by atoms with van der Waals surface area (Å²) < 4.78 is 60.0. The number of nitrogens with one attached hydrogen (secondary N) is 1. The summed E-state index contributed by atoms with van der Waals surface area (Å²) in [7, 11) is -3.00. The fraction of sp³-hybridized carbons (Fsp3) is 0.452. The second kappa shape index (κ2) is 12.8. The number of carbonyl (C=O) groups excluding carboxylic acids is 1. The number of carbonyl (C=O) groups is 1. The van der Waals surface area contributed by atoms with Crippen molar-refractivity contribution in [3.63, 3.8) is 0 Å². The highest BCUT2D eigenvalue weighted by atomic mass is 31.2. The van der Waals surface area contributed by atoms with Crippen LogP contribution in [0.3, 0.4) is 0 Å². The number of nitrogens with two attached hydrogens (primary N) is 1. The molecule has 3 heterocycles. The van der Waals surface area contributed by atoms with Crippen molar-refractivity contribution >= 4 is 41.5 Å². The molecule has 4 aromatic rings. The van der Waals surface area contributed by atoms with Crippen molar-refractivity contribution in [3.8, 4) is 11.6 Å². The lowest BCUT2D eigenvalue weighted by Gasteiger charge is -2.26.